The highest BCUT2D eigenvalue weighted by atomic mass is 16.5. The molecule has 1 atom stereocenters. The Balaban J connectivity index is 2.91. The molecule has 0 bridgehead atoms. The Morgan fingerprint density at radius 2 is 1.75 bits per heavy atom. The summed E-state index contributed by atoms with van der Waals surface area (Å²) in [6.45, 7) is 8.23. The van der Waals surface area contributed by atoms with Gasteiger partial charge in [0, 0.05) is 19.3 Å². The lowest BCUT2D eigenvalue weighted by molar-refractivity contribution is 0.119. The number of hydrogen-bond acceptors (Lipinski definition) is 2. The molecule has 12 heavy (non-hydrogen) atoms. The predicted molar refractivity (Wildman–Crippen MR) is 53.2 cm³/mol. The van der Waals surface area contributed by atoms with Gasteiger partial charge in [-0.05, 0) is 32.1 Å². The Morgan fingerprint density at radius 3 is 2.25 bits per heavy atom. The molecule has 0 aromatic carbocycles. The van der Waals surface area contributed by atoms with Crippen molar-refractivity contribution in [1.82, 2.24) is 0 Å². The zero-order valence-electron chi connectivity index (χ0n) is 8.68. The minimum atomic E-state index is 0.318. The Morgan fingerprint density at radius 1 is 1.08 bits per heavy atom. The highest BCUT2D eigenvalue weighted by Crippen LogP contribution is 2.00. The van der Waals surface area contributed by atoms with E-state index in [-0.39, 0.29) is 0 Å². The second-order valence-electron chi connectivity index (χ2n) is 3.91. The Hall–Kier alpha value is -0.0800. The second-order valence-corrected chi connectivity index (χ2v) is 3.91. The molecule has 0 aliphatic heterocycles. The third-order valence-corrected chi connectivity index (χ3v) is 1.79. The first-order chi connectivity index (χ1) is 5.63. The smallest absolute Gasteiger partial charge is 0.0468 e. The molecule has 0 saturated heterocycles. The molecule has 0 radical (unpaired) electrons. The van der Waals surface area contributed by atoms with Crippen molar-refractivity contribution in [1.29, 1.82) is 0 Å². The van der Waals surface area contributed by atoms with Crippen LogP contribution >= 0.6 is 0 Å². The molecule has 0 saturated carbocycles. The van der Waals surface area contributed by atoms with Gasteiger partial charge < -0.3 is 10.5 Å². The van der Waals surface area contributed by atoms with E-state index in [0.29, 0.717) is 6.04 Å². The number of rotatable bonds is 7. The van der Waals surface area contributed by atoms with E-state index < -0.39 is 0 Å². The van der Waals surface area contributed by atoms with Gasteiger partial charge in [-0.25, -0.2) is 0 Å². The maximum atomic E-state index is 5.60. The summed E-state index contributed by atoms with van der Waals surface area (Å²) in [6.07, 6.45) is 3.33. The molecular formula is C10H23NO. The molecule has 0 aliphatic rings. The van der Waals surface area contributed by atoms with Gasteiger partial charge in [0.05, 0.1) is 0 Å². The second kappa shape index (κ2) is 7.56. The maximum absolute atomic E-state index is 5.60. The SMILES string of the molecule is CC(C)CCOCCCC(C)N. The minimum absolute atomic E-state index is 0.318. The standard InChI is InChI=1S/C10H23NO/c1-9(2)6-8-12-7-4-5-10(3)11/h9-10H,4-8,11H2,1-3H3. The molecule has 0 heterocycles. The first-order valence-corrected chi connectivity index (χ1v) is 4.96. The third kappa shape index (κ3) is 9.92. The van der Waals surface area contributed by atoms with Crippen LogP contribution in [0.25, 0.3) is 0 Å². The Kier molecular flexibility index (Phi) is 7.51. The van der Waals surface area contributed by atoms with Crippen LogP contribution in [0.4, 0.5) is 0 Å². The molecule has 2 heteroatoms. The summed E-state index contributed by atoms with van der Waals surface area (Å²) in [7, 11) is 0. The van der Waals surface area contributed by atoms with Gasteiger partial charge in [-0.15, -0.1) is 0 Å². The molecule has 2 nitrogen and oxygen atoms in total. The lowest BCUT2D eigenvalue weighted by atomic mass is 10.1. The van der Waals surface area contributed by atoms with Gasteiger partial charge in [0.25, 0.3) is 0 Å². The van der Waals surface area contributed by atoms with Gasteiger partial charge >= 0.3 is 0 Å². The zero-order valence-corrected chi connectivity index (χ0v) is 8.68. The van der Waals surface area contributed by atoms with Crippen molar-refractivity contribution in [2.75, 3.05) is 13.2 Å². The Bertz CT molecular complexity index is 79.8. The van der Waals surface area contributed by atoms with Gasteiger partial charge in [-0.1, -0.05) is 13.8 Å². The van der Waals surface area contributed by atoms with Crippen LogP contribution in [0.3, 0.4) is 0 Å². The van der Waals surface area contributed by atoms with Crippen LogP contribution in [-0.4, -0.2) is 19.3 Å². The van der Waals surface area contributed by atoms with Crippen molar-refractivity contribution in [3.05, 3.63) is 0 Å². The first-order valence-electron chi connectivity index (χ1n) is 4.96. The summed E-state index contributed by atoms with van der Waals surface area (Å²) in [5.74, 6) is 0.749. The van der Waals surface area contributed by atoms with Crippen LogP contribution in [-0.2, 0) is 4.74 Å². The summed E-state index contributed by atoms with van der Waals surface area (Å²) in [6, 6.07) is 0.318. The molecule has 74 valence electrons. The van der Waals surface area contributed by atoms with E-state index in [1.54, 1.807) is 0 Å². The van der Waals surface area contributed by atoms with Crippen LogP contribution in [0.5, 0.6) is 0 Å². The maximum Gasteiger partial charge on any atom is 0.0468 e. The quantitative estimate of drug-likeness (QED) is 0.599. The molecule has 0 aliphatic carbocycles. The van der Waals surface area contributed by atoms with Crippen molar-refractivity contribution >= 4 is 0 Å². The number of hydrogen-bond donors (Lipinski definition) is 1. The normalized spacial score (nSPS) is 13.8. The van der Waals surface area contributed by atoms with E-state index in [4.69, 9.17) is 10.5 Å². The summed E-state index contributed by atoms with van der Waals surface area (Å²) in [5.41, 5.74) is 5.60. The average Bonchev–Trinajstić information content (AvgIpc) is 1.95. The largest absolute Gasteiger partial charge is 0.381 e. The predicted octanol–water partition coefficient (Wildman–Crippen LogP) is 2.18. The average molecular weight is 173 g/mol. The van der Waals surface area contributed by atoms with Gasteiger partial charge in [0.1, 0.15) is 0 Å². The van der Waals surface area contributed by atoms with Crippen LogP contribution < -0.4 is 5.73 Å². The van der Waals surface area contributed by atoms with Gasteiger partial charge in [-0.2, -0.15) is 0 Å². The zero-order chi connectivity index (χ0) is 9.40. The van der Waals surface area contributed by atoms with Crippen molar-refractivity contribution in [2.24, 2.45) is 11.7 Å². The molecule has 2 N–H and O–H groups in total. The molecule has 0 aromatic rings. The molecule has 1 unspecified atom stereocenters. The van der Waals surface area contributed by atoms with Gasteiger partial charge in [0.2, 0.25) is 0 Å². The highest BCUT2D eigenvalue weighted by molar-refractivity contribution is 4.51. The van der Waals surface area contributed by atoms with Crippen LogP contribution in [0, 0.1) is 5.92 Å². The van der Waals surface area contributed by atoms with Gasteiger partial charge in [0.15, 0.2) is 0 Å². The molecular weight excluding hydrogens is 150 g/mol. The summed E-state index contributed by atoms with van der Waals surface area (Å²) < 4.78 is 5.44. The molecule has 0 spiro atoms. The molecule has 0 amide bonds. The Labute approximate surface area is 76.5 Å². The highest BCUT2D eigenvalue weighted by Gasteiger charge is 1.95. The number of nitrogens with two attached hydrogens (primary N) is 1. The van der Waals surface area contributed by atoms with Crippen LogP contribution in [0.1, 0.15) is 40.0 Å². The van der Waals surface area contributed by atoms with Crippen LogP contribution in [0.15, 0.2) is 0 Å². The van der Waals surface area contributed by atoms with E-state index in [1.807, 2.05) is 6.92 Å². The first kappa shape index (κ1) is 11.9. The van der Waals surface area contributed by atoms with E-state index >= 15 is 0 Å². The van der Waals surface area contributed by atoms with Crippen molar-refractivity contribution in [3.63, 3.8) is 0 Å². The van der Waals surface area contributed by atoms with E-state index in [1.165, 1.54) is 0 Å². The summed E-state index contributed by atoms with van der Waals surface area (Å²) >= 11 is 0. The summed E-state index contributed by atoms with van der Waals surface area (Å²) in [5, 5.41) is 0. The molecule has 0 aromatic heterocycles. The third-order valence-electron chi connectivity index (χ3n) is 1.79. The van der Waals surface area contributed by atoms with Crippen molar-refractivity contribution < 1.29 is 4.74 Å². The van der Waals surface area contributed by atoms with E-state index in [0.717, 1.165) is 38.4 Å². The fourth-order valence-electron chi connectivity index (χ4n) is 0.928. The minimum Gasteiger partial charge on any atom is -0.381 e. The molecule has 0 fully saturated rings. The topological polar surface area (TPSA) is 35.2 Å². The lowest BCUT2D eigenvalue weighted by Crippen LogP contribution is -2.15. The number of ether oxygens (including phenoxy) is 1. The monoisotopic (exact) mass is 173 g/mol. The van der Waals surface area contributed by atoms with E-state index in [9.17, 15) is 0 Å². The van der Waals surface area contributed by atoms with Crippen molar-refractivity contribution in [3.8, 4) is 0 Å². The van der Waals surface area contributed by atoms with Crippen LogP contribution in [0.2, 0.25) is 0 Å². The molecule has 0 rings (SSSR count). The fourth-order valence-corrected chi connectivity index (χ4v) is 0.928. The lowest BCUT2D eigenvalue weighted by Gasteiger charge is -2.07. The fraction of sp³-hybridized carbons (Fsp3) is 1.00. The van der Waals surface area contributed by atoms with E-state index in [2.05, 4.69) is 13.8 Å². The van der Waals surface area contributed by atoms with Gasteiger partial charge in [-0.3, -0.25) is 0 Å². The van der Waals surface area contributed by atoms with Crippen molar-refractivity contribution in [2.45, 2.75) is 46.1 Å². The summed E-state index contributed by atoms with van der Waals surface area (Å²) in [4.78, 5) is 0.